The Labute approximate surface area is 212 Å². The Bertz CT molecular complexity index is 1270. The van der Waals surface area contributed by atoms with Crippen LogP contribution in [0.5, 0.6) is 0 Å². The van der Waals surface area contributed by atoms with E-state index in [4.69, 9.17) is 27.8 Å². The van der Waals surface area contributed by atoms with E-state index in [9.17, 15) is 19.2 Å². The van der Waals surface area contributed by atoms with E-state index in [0.717, 1.165) is 0 Å². The van der Waals surface area contributed by atoms with Crippen molar-refractivity contribution in [3.05, 3.63) is 60.0 Å². The molecule has 2 bridgehead atoms. The average molecular weight is 513 g/mol. The molecule has 3 heterocycles. The molecule has 2 fully saturated rings. The van der Waals surface area contributed by atoms with Crippen LogP contribution in [0, 0.1) is 11.3 Å². The second-order valence-corrected chi connectivity index (χ2v) is 10.6. The summed E-state index contributed by atoms with van der Waals surface area (Å²) in [6, 6.07) is 2.85. The normalized spacial score (nSPS) is 33.8. The van der Waals surface area contributed by atoms with Gasteiger partial charge in [-0.15, -0.1) is 0 Å². The van der Waals surface area contributed by atoms with E-state index in [1.807, 2.05) is 13.8 Å². The minimum absolute atomic E-state index is 0.113. The van der Waals surface area contributed by atoms with Gasteiger partial charge in [-0.1, -0.05) is 0 Å². The third kappa shape index (κ3) is 3.65. The first-order valence-electron chi connectivity index (χ1n) is 12.0. The molecular formula is C27H28O10. The van der Waals surface area contributed by atoms with Crippen molar-refractivity contribution in [3.63, 3.8) is 0 Å². The molecule has 37 heavy (non-hydrogen) atoms. The van der Waals surface area contributed by atoms with Crippen molar-refractivity contribution >= 4 is 23.7 Å². The highest BCUT2D eigenvalue weighted by molar-refractivity contribution is 6.00. The highest BCUT2D eigenvalue weighted by Crippen LogP contribution is 2.65. The van der Waals surface area contributed by atoms with Gasteiger partial charge in [-0.05, 0) is 57.9 Å². The van der Waals surface area contributed by atoms with Crippen LogP contribution >= 0.6 is 0 Å². The van der Waals surface area contributed by atoms with Gasteiger partial charge in [0.25, 0.3) is 0 Å². The van der Waals surface area contributed by atoms with E-state index < -0.39 is 64.5 Å². The molecule has 6 unspecified atom stereocenters. The van der Waals surface area contributed by atoms with Crippen molar-refractivity contribution < 1.29 is 47.0 Å². The van der Waals surface area contributed by atoms with Gasteiger partial charge in [0.05, 0.1) is 34.7 Å². The summed E-state index contributed by atoms with van der Waals surface area (Å²) in [5, 5.41) is 0. The maximum Gasteiger partial charge on any atom is 0.342 e. The second kappa shape index (κ2) is 8.44. The lowest BCUT2D eigenvalue weighted by molar-refractivity contribution is -0.221. The number of fused-ring (bicyclic) bond motifs is 1. The Kier molecular flexibility index (Phi) is 5.71. The molecule has 0 N–H and O–H groups in total. The Morgan fingerprint density at radius 1 is 0.946 bits per heavy atom. The molecule has 10 heteroatoms. The summed E-state index contributed by atoms with van der Waals surface area (Å²) in [7, 11) is 0. The molecular weight excluding hydrogens is 484 g/mol. The first-order chi connectivity index (χ1) is 17.4. The van der Waals surface area contributed by atoms with Gasteiger partial charge in [-0.3, -0.25) is 9.59 Å². The monoisotopic (exact) mass is 512 g/mol. The van der Waals surface area contributed by atoms with Gasteiger partial charge in [0, 0.05) is 12.8 Å². The minimum Gasteiger partial charge on any atom is -0.472 e. The smallest absolute Gasteiger partial charge is 0.342 e. The number of rotatable bonds is 5. The minimum atomic E-state index is -1.47. The fourth-order valence-corrected chi connectivity index (χ4v) is 6.30. The number of ether oxygens (including phenoxy) is 4. The fraction of sp³-hybridized carbons (Fsp3) is 0.481. The first-order valence-corrected chi connectivity index (χ1v) is 12.0. The van der Waals surface area contributed by atoms with Crippen LogP contribution in [0.15, 0.2) is 57.7 Å². The van der Waals surface area contributed by atoms with E-state index in [1.165, 1.54) is 50.2 Å². The van der Waals surface area contributed by atoms with Crippen LogP contribution in [0.1, 0.15) is 61.8 Å². The lowest BCUT2D eigenvalue weighted by Crippen LogP contribution is -2.71. The van der Waals surface area contributed by atoms with Gasteiger partial charge in [0.2, 0.25) is 0 Å². The van der Waals surface area contributed by atoms with Crippen LogP contribution in [0.3, 0.4) is 0 Å². The standard InChI is InChI=1S/C27H28O10/c1-14-10-19(29)21(35-23(30)16-6-8-32-12-16)26(5)22(36-24(31)17-7-9-33-13-17)20(34-15(2)28)18-11-27(14,26)37-25(18,3)4/h6-10,12-13,18,20-22H,11H2,1-5H3. The molecule has 0 amide bonds. The summed E-state index contributed by atoms with van der Waals surface area (Å²) in [5.41, 5.74) is -2.61. The second-order valence-electron chi connectivity index (χ2n) is 10.6. The average Bonchev–Trinajstić information content (AvgIpc) is 3.57. The Morgan fingerprint density at radius 3 is 2.08 bits per heavy atom. The molecule has 6 atom stereocenters. The number of hydrogen-bond donors (Lipinski definition) is 0. The molecule has 1 spiro atoms. The summed E-state index contributed by atoms with van der Waals surface area (Å²) in [5.74, 6) is -3.02. The predicted octanol–water partition coefficient (Wildman–Crippen LogP) is 3.66. The molecule has 0 aromatic carbocycles. The van der Waals surface area contributed by atoms with Crippen molar-refractivity contribution in [1.29, 1.82) is 0 Å². The van der Waals surface area contributed by atoms with Crippen LogP contribution < -0.4 is 0 Å². The maximum atomic E-state index is 13.5. The van der Waals surface area contributed by atoms with Gasteiger partial charge in [0.15, 0.2) is 18.0 Å². The van der Waals surface area contributed by atoms with Crippen molar-refractivity contribution in [2.45, 2.75) is 70.6 Å². The van der Waals surface area contributed by atoms with Crippen LogP contribution in [-0.2, 0) is 28.5 Å². The zero-order valence-electron chi connectivity index (χ0n) is 21.1. The lowest BCUT2D eigenvalue weighted by atomic mass is 9.52. The van der Waals surface area contributed by atoms with Crippen molar-refractivity contribution in [2.75, 3.05) is 0 Å². The van der Waals surface area contributed by atoms with Gasteiger partial charge in [-0.2, -0.15) is 0 Å². The number of hydrogen-bond acceptors (Lipinski definition) is 10. The summed E-state index contributed by atoms with van der Waals surface area (Å²) in [6.45, 7) is 8.43. The molecule has 196 valence electrons. The quantitative estimate of drug-likeness (QED) is 0.432. The molecule has 5 rings (SSSR count). The van der Waals surface area contributed by atoms with Crippen molar-refractivity contribution in [1.82, 2.24) is 0 Å². The van der Waals surface area contributed by atoms with Crippen LogP contribution in [0.4, 0.5) is 0 Å². The third-order valence-electron chi connectivity index (χ3n) is 8.07. The van der Waals surface area contributed by atoms with Crippen LogP contribution in [-0.4, -0.2) is 53.2 Å². The molecule has 1 saturated heterocycles. The van der Waals surface area contributed by atoms with Crippen LogP contribution in [0.2, 0.25) is 0 Å². The Morgan fingerprint density at radius 2 is 1.54 bits per heavy atom. The topological polar surface area (TPSA) is 131 Å². The van der Waals surface area contributed by atoms with E-state index in [0.29, 0.717) is 12.0 Å². The van der Waals surface area contributed by atoms with Crippen molar-refractivity contribution in [2.24, 2.45) is 11.3 Å². The lowest BCUT2D eigenvalue weighted by Gasteiger charge is -2.57. The number of esters is 3. The van der Waals surface area contributed by atoms with E-state index in [2.05, 4.69) is 0 Å². The molecule has 2 aromatic rings. The summed E-state index contributed by atoms with van der Waals surface area (Å²) in [4.78, 5) is 52.0. The molecule has 2 aromatic heterocycles. The molecule has 0 radical (unpaired) electrons. The van der Waals surface area contributed by atoms with Gasteiger partial charge in [-0.25, -0.2) is 9.59 Å². The SMILES string of the molecule is CC(=O)OC1C2CC3(OC2(C)C)C(C)=CC(=O)C(OC(=O)c2ccoc2)C3(C)C1OC(=O)c1ccoc1. The third-order valence-corrected chi connectivity index (χ3v) is 8.07. The highest BCUT2D eigenvalue weighted by atomic mass is 16.6. The van der Waals surface area contributed by atoms with Crippen LogP contribution in [0.25, 0.3) is 0 Å². The fourth-order valence-electron chi connectivity index (χ4n) is 6.30. The largest absolute Gasteiger partial charge is 0.472 e. The Balaban J connectivity index is 1.68. The highest BCUT2D eigenvalue weighted by Gasteiger charge is 2.77. The first kappa shape index (κ1) is 25.0. The molecule has 2 aliphatic carbocycles. The summed E-state index contributed by atoms with van der Waals surface area (Å²) < 4.78 is 34.4. The Hall–Kier alpha value is -3.66. The molecule has 3 aliphatic rings. The maximum absolute atomic E-state index is 13.5. The van der Waals surface area contributed by atoms with E-state index in [-0.39, 0.29) is 11.1 Å². The molecule has 1 aliphatic heterocycles. The van der Waals surface area contributed by atoms with E-state index >= 15 is 0 Å². The van der Waals surface area contributed by atoms with Gasteiger partial charge < -0.3 is 27.8 Å². The summed E-state index contributed by atoms with van der Waals surface area (Å²) in [6.07, 6.45) is 3.21. The molecule has 10 nitrogen and oxygen atoms in total. The number of carbonyl (C=O) groups excluding carboxylic acids is 4. The van der Waals surface area contributed by atoms with Gasteiger partial charge >= 0.3 is 17.9 Å². The number of carbonyl (C=O) groups is 4. The van der Waals surface area contributed by atoms with Gasteiger partial charge in [0.1, 0.15) is 24.2 Å². The zero-order valence-corrected chi connectivity index (χ0v) is 21.1. The number of furan rings is 2. The number of ketones is 1. The predicted molar refractivity (Wildman–Crippen MR) is 124 cm³/mol. The van der Waals surface area contributed by atoms with Crippen molar-refractivity contribution in [3.8, 4) is 0 Å². The van der Waals surface area contributed by atoms with E-state index in [1.54, 1.807) is 13.8 Å². The molecule has 1 saturated carbocycles. The summed E-state index contributed by atoms with van der Waals surface area (Å²) >= 11 is 0. The zero-order chi connectivity index (χ0) is 26.8.